The summed E-state index contributed by atoms with van der Waals surface area (Å²) in [4.78, 5) is 14.1. The van der Waals surface area contributed by atoms with Crippen LogP contribution >= 0.6 is 23.8 Å². The van der Waals surface area contributed by atoms with Crippen LogP contribution < -0.4 is 10.6 Å². The molecular formula is C16H22ClN3OS. The summed E-state index contributed by atoms with van der Waals surface area (Å²) in [6.45, 7) is 7.04. The van der Waals surface area contributed by atoms with E-state index in [4.69, 9.17) is 23.8 Å². The summed E-state index contributed by atoms with van der Waals surface area (Å²) in [5.41, 5.74) is 0.765. The van der Waals surface area contributed by atoms with Crippen LogP contribution in [0.3, 0.4) is 0 Å². The van der Waals surface area contributed by atoms with Crippen molar-refractivity contribution in [2.45, 2.75) is 45.2 Å². The number of rotatable bonds is 4. The van der Waals surface area contributed by atoms with E-state index in [1.54, 1.807) is 24.3 Å². The molecule has 120 valence electrons. The maximum Gasteiger partial charge on any atom is 0.226 e. The van der Waals surface area contributed by atoms with Crippen LogP contribution in [0.15, 0.2) is 24.3 Å². The van der Waals surface area contributed by atoms with Crippen molar-refractivity contribution >= 4 is 40.5 Å². The van der Waals surface area contributed by atoms with Crippen molar-refractivity contribution < 1.29 is 4.79 Å². The number of nitrogens with zero attached hydrogens (tertiary/aromatic N) is 1. The third-order valence-corrected chi connectivity index (χ3v) is 4.34. The number of thiocarbonyl (C=S) groups is 1. The van der Waals surface area contributed by atoms with E-state index in [1.165, 1.54) is 0 Å². The van der Waals surface area contributed by atoms with E-state index in [1.807, 2.05) is 0 Å². The Bertz CT molecular complexity index is 559. The fourth-order valence-corrected chi connectivity index (χ4v) is 3.44. The number of benzene rings is 1. The highest BCUT2D eigenvalue weighted by molar-refractivity contribution is 7.80. The van der Waals surface area contributed by atoms with Gasteiger partial charge >= 0.3 is 0 Å². The lowest BCUT2D eigenvalue weighted by Crippen LogP contribution is -2.60. The number of carbonyl (C=O) groups excluding carboxylic acids is 1. The largest absolute Gasteiger partial charge is 0.358 e. The first kappa shape index (κ1) is 17.0. The highest BCUT2D eigenvalue weighted by Gasteiger charge is 2.32. The van der Waals surface area contributed by atoms with E-state index < -0.39 is 0 Å². The van der Waals surface area contributed by atoms with Gasteiger partial charge in [0.1, 0.15) is 0 Å². The molecule has 6 heteroatoms. The highest BCUT2D eigenvalue weighted by atomic mass is 35.5. The number of hydrogen-bond donors (Lipinski definition) is 2. The van der Waals surface area contributed by atoms with Crippen molar-refractivity contribution in [2.75, 3.05) is 11.9 Å². The van der Waals surface area contributed by atoms with Crippen LogP contribution in [0, 0.1) is 0 Å². The van der Waals surface area contributed by atoms with Gasteiger partial charge in [-0.3, -0.25) is 4.79 Å². The summed E-state index contributed by atoms with van der Waals surface area (Å²) in [7, 11) is 0. The first-order chi connectivity index (χ1) is 10.3. The Morgan fingerprint density at radius 3 is 2.68 bits per heavy atom. The molecule has 1 amide bonds. The van der Waals surface area contributed by atoms with Gasteiger partial charge in [0.25, 0.3) is 0 Å². The minimum atomic E-state index is -0.0258. The predicted octanol–water partition coefficient (Wildman–Crippen LogP) is 3.42. The van der Waals surface area contributed by atoms with Gasteiger partial charge in [-0.25, -0.2) is 0 Å². The fraction of sp³-hybridized carbons (Fsp3) is 0.500. The van der Waals surface area contributed by atoms with E-state index in [9.17, 15) is 4.79 Å². The van der Waals surface area contributed by atoms with E-state index >= 15 is 0 Å². The van der Waals surface area contributed by atoms with E-state index in [0.717, 1.165) is 17.2 Å². The molecule has 1 aromatic carbocycles. The minimum Gasteiger partial charge on any atom is -0.358 e. The Balaban J connectivity index is 1.85. The molecule has 0 spiro atoms. The zero-order chi connectivity index (χ0) is 16.3. The molecular weight excluding hydrogens is 318 g/mol. The van der Waals surface area contributed by atoms with E-state index in [0.29, 0.717) is 24.0 Å². The Morgan fingerprint density at radius 1 is 1.45 bits per heavy atom. The first-order valence-corrected chi connectivity index (χ1v) is 8.20. The van der Waals surface area contributed by atoms with Crippen molar-refractivity contribution in [1.82, 2.24) is 10.2 Å². The number of halogens is 1. The molecule has 1 heterocycles. The molecule has 4 nitrogen and oxygen atoms in total. The van der Waals surface area contributed by atoms with Crippen molar-refractivity contribution in [2.24, 2.45) is 0 Å². The summed E-state index contributed by atoms with van der Waals surface area (Å²) < 4.78 is 0. The van der Waals surface area contributed by atoms with Crippen molar-refractivity contribution in [1.29, 1.82) is 0 Å². The molecule has 1 fully saturated rings. The Morgan fingerprint density at radius 2 is 2.09 bits per heavy atom. The lowest BCUT2D eigenvalue weighted by atomic mass is 9.93. The first-order valence-electron chi connectivity index (χ1n) is 7.41. The number of carbonyl (C=O) groups is 1. The monoisotopic (exact) mass is 339 g/mol. The maximum absolute atomic E-state index is 12.0. The molecule has 1 aliphatic rings. The van der Waals surface area contributed by atoms with Crippen LogP contribution in [0.2, 0.25) is 5.02 Å². The molecule has 1 atom stereocenters. The normalized spacial score (nSPS) is 20.5. The fourth-order valence-electron chi connectivity index (χ4n) is 2.76. The molecule has 0 radical (unpaired) electrons. The number of nitrogens with one attached hydrogen (secondary N) is 2. The topological polar surface area (TPSA) is 44.4 Å². The Hall–Kier alpha value is -1.33. The second-order valence-electron chi connectivity index (χ2n) is 6.37. The zero-order valence-electron chi connectivity index (χ0n) is 13.1. The van der Waals surface area contributed by atoms with E-state index in [-0.39, 0.29) is 11.4 Å². The lowest BCUT2D eigenvalue weighted by molar-refractivity contribution is -0.116. The number of anilines is 1. The van der Waals surface area contributed by atoms with Gasteiger partial charge in [0.05, 0.1) is 0 Å². The smallest absolute Gasteiger partial charge is 0.226 e. The van der Waals surface area contributed by atoms with Gasteiger partial charge in [-0.2, -0.15) is 0 Å². The van der Waals surface area contributed by atoms with Gasteiger partial charge in [-0.05, 0) is 63.7 Å². The summed E-state index contributed by atoms with van der Waals surface area (Å²) in [6.07, 6.45) is 1.39. The second-order valence-corrected chi connectivity index (χ2v) is 7.19. The van der Waals surface area contributed by atoms with Gasteiger partial charge in [0.2, 0.25) is 5.91 Å². The van der Waals surface area contributed by atoms with Crippen LogP contribution in [0.1, 0.15) is 33.6 Å². The maximum atomic E-state index is 12.0. The highest BCUT2D eigenvalue weighted by Crippen LogP contribution is 2.22. The van der Waals surface area contributed by atoms with Crippen LogP contribution in [0.4, 0.5) is 5.69 Å². The van der Waals surface area contributed by atoms with Gasteiger partial charge in [0, 0.05) is 35.3 Å². The summed E-state index contributed by atoms with van der Waals surface area (Å²) >= 11 is 11.2. The molecule has 1 aromatic rings. The van der Waals surface area contributed by atoms with Crippen LogP contribution in [-0.4, -0.2) is 34.0 Å². The molecule has 0 bridgehead atoms. The molecule has 0 saturated carbocycles. The molecule has 1 aliphatic heterocycles. The van der Waals surface area contributed by atoms with Gasteiger partial charge in [-0.15, -0.1) is 0 Å². The van der Waals surface area contributed by atoms with Crippen LogP contribution in [-0.2, 0) is 4.79 Å². The Kier molecular flexibility index (Phi) is 5.29. The molecule has 1 unspecified atom stereocenters. The average Bonchev–Trinajstić information content (AvgIpc) is 2.39. The van der Waals surface area contributed by atoms with Crippen molar-refractivity contribution in [3.63, 3.8) is 0 Å². The minimum absolute atomic E-state index is 0.0125. The molecule has 2 N–H and O–H groups in total. The average molecular weight is 340 g/mol. The SMILES string of the molecule is CC1CC(C)(C)NC(=S)N1CCC(=O)Nc1ccc(Cl)cc1. The summed E-state index contributed by atoms with van der Waals surface area (Å²) in [6, 6.07) is 7.42. The summed E-state index contributed by atoms with van der Waals surface area (Å²) in [5.74, 6) is -0.0258. The van der Waals surface area contributed by atoms with Crippen LogP contribution in [0.25, 0.3) is 0 Å². The summed E-state index contributed by atoms with van der Waals surface area (Å²) in [5, 5.41) is 7.57. The zero-order valence-corrected chi connectivity index (χ0v) is 14.7. The molecule has 2 rings (SSSR count). The number of amides is 1. The quantitative estimate of drug-likeness (QED) is 0.825. The molecule has 0 aromatic heterocycles. The van der Waals surface area contributed by atoms with Gasteiger partial charge in [-0.1, -0.05) is 11.6 Å². The standard InChI is InChI=1S/C16H22ClN3OS/c1-11-10-16(2,3)19-15(22)20(11)9-8-14(21)18-13-6-4-12(17)5-7-13/h4-7,11H,8-10H2,1-3H3,(H,18,21)(H,19,22). The molecule has 1 saturated heterocycles. The molecule has 0 aliphatic carbocycles. The predicted molar refractivity (Wildman–Crippen MR) is 95.3 cm³/mol. The Labute approximate surface area is 142 Å². The van der Waals surface area contributed by atoms with Crippen LogP contribution in [0.5, 0.6) is 0 Å². The second kappa shape index (κ2) is 6.84. The third kappa shape index (κ3) is 4.58. The van der Waals surface area contributed by atoms with Gasteiger partial charge < -0.3 is 15.5 Å². The van der Waals surface area contributed by atoms with Crippen molar-refractivity contribution in [3.8, 4) is 0 Å². The van der Waals surface area contributed by atoms with E-state index in [2.05, 4.69) is 36.3 Å². The number of hydrogen-bond acceptors (Lipinski definition) is 2. The molecule has 22 heavy (non-hydrogen) atoms. The van der Waals surface area contributed by atoms with Crippen molar-refractivity contribution in [3.05, 3.63) is 29.3 Å². The third-order valence-electron chi connectivity index (χ3n) is 3.75. The van der Waals surface area contributed by atoms with Gasteiger partial charge in [0.15, 0.2) is 5.11 Å². The lowest BCUT2D eigenvalue weighted by Gasteiger charge is -2.44.